The van der Waals surface area contributed by atoms with E-state index in [9.17, 15) is 14.7 Å². The number of carbonyl (C=O) groups excluding carboxylic acids is 1. The van der Waals surface area contributed by atoms with Crippen molar-refractivity contribution in [3.05, 3.63) is 89.5 Å². The second-order valence-electron chi connectivity index (χ2n) is 6.72. The van der Waals surface area contributed by atoms with Crippen molar-refractivity contribution in [2.24, 2.45) is 0 Å². The minimum Gasteiger partial charge on any atom is -0.497 e. The summed E-state index contributed by atoms with van der Waals surface area (Å²) in [5.74, 6) is -0.711. The van der Waals surface area contributed by atoms with E-state index in [1.54, 1.807) is 43.5 Å². The molecule has 6 nitrogen and oxygen atoms in total. The quantitative estimate of drug-likeness (QED) is 0.570. The highest BCUT2D eigenvalue weighted by atomic mass is 16.5. The van der Waals surface area contributed by atoms with Crippen molar-refractivity contribution in [3.63, 3.8) is 0 Å². The summed E-state index contributed by atoms with van der Waals surface area (Å²) < 4.78 is 5.10. The predicted octanol–water partition coefficient (Wildman–Crippen LogP) is 4.67. The average molecular weight is 404 g/mol. The van der Waals surface area contributed by atoms with E-state index < -0.39 is 5.97 Å². The fraction of sp³-hybridized carbons (Fsp3) is 0.167. The Morgan fingerprint density at radius 3 is 2.30 bits per heavy atom. The molecule has 0 fully saturated rings. The first-order valence-electron chi connectivity index (χ1n) is 9.63. The van der Waals surface area contributed by atoms with Gasteiger partial charge < -0.3 is 20.1 Å². The Morgan fingerprint density at radius 2 is 1.70 bits per heavy atom. The topological polar surface area (TPSA) is 78.9 Å². The van der Waals surface area contributed by atoms with Crippen LogP contribution in [0.4, 0.5) is 11.4 Å². The third-order valence-electron chi connectivity index (χ3n) is 4.78. The largest absolute Gasteiger partial charge is 0.497 e. The molecule has 0 unspecified atom stereocenters. The summed E-state index contributed by atoms with van der Waals surface area (Å²) in [5, 5.41) is 12.5. The van der Waals surface area contributed by atoms with Crippen LogP contribution in [0.2, 0.25) is 0 Å². The van der Waals surface area contributed by atoms with E-state index in [4.69, 9.17) is 4.74 Å². The smallest absolute Gasteiger partial charge is 0.337 e. The van der Waals surface area contributed by atoms with Gasteiger partial charge in [0.15, 0.2) is 0 Å². The van der Waals surface area contributed by atoms with Crippen LogP contribution in [0.25, 0.3) is 0 Å². The van der Waals surface area contributed by atoms with Gasteiger partial charge in [-0.15, -0.1) is 0 Å². The molecular formula is C24H24N2O4. The minimum atomic E-state index is -1.04. The molecule has 3 rings (SSSR count). The number of anilines is 2. The number of hydrogen-bond acceptors (Lipinski definition) is 4. The molecule has 1 amide bonds. The van der Waals surface area contributed by atoms with E-state index in [1.807, 2.05) is 42.2 Å². The van der Waals surface area contributed by atoms with Crippen molar-refractivity contribution in [1.29, 1.82) is 0 Å². The Bertz CT molecular complexity index is 1020. The van der Waals surface area contributed by atoms with Crippen molar-refractivity contribution < 1.29 is 19.4 Å². The molecule has 6 heteroatoms. The third kappa shape index (κ3) is 4.97. The summed E-state index contributed by atoms with van der Waals surface area (Å²) in [7, 11) is 1.56. The number of ether oxygens (including phenoxy) is 1. The Balaban J connectivity index is 1.83. The van der Waals surface area contributed by atoms with Crippen molar-refractivity contribution in [3.8, 4) is 5.75 Å². The summed E-state index contributed by atoms with van der Waals surface area (Å²) in [5.41, 5.74) is 2.72. The standard InChI is InChI=1S/C24H24N2O4/c1-3-26(16-17-7-5-4-6-8-17)22-14-11-19(15-21(22)24(28)29)25-23(27)18-9-12-20(30-2)13-10-18/h4-15H,3,16H2,1-2H3,(H,25,27)(H,28,29). The molecule has 0 atom stereocenters. The molecule has 0 spiro atoms. The van der Waals surface area contributed by atoms with Crippen LogP contribution >= 0.6 is 0 Å². The molecule has 3 aromatic rings. The van der Waals surface area contributed by atoms with Gasteiger partial charge in [0.05, 0.1) is 18.4 Å². The fourth-order valence-corrected chi connectivity index (χ4v) is 3.18. The van der Waals surface area contributed by atoms with Gasteiger partial charge in [0.2, 0.25) is 0 Å². The van der Waals surface area contributed by atoms with Gasteiger partial charge in [0.1, 0.15) is 5.75 Å². The maximum absolute atomic E-state index is 12.5. The SMILES string of the molecule is CCN(Cc1ccccc1)c1ccc(NC(=O)c2ccc(OC)cc2)cc1C(=O)O. The molecule has 0 aliphatic carbocycles. The number of carbonyl (C=O) groups is 2. The van der Waals surface area contributed by atoms with Crippen LogP contribution in [-0.4, -0.2) is 30.6 Å². The van der Waals surface area contributed by atoms with Crippen molar-refractivity contribution >= 4 is 23.3 Å². The van der Waals surface area contributed by atoms with Gasteiger partial charge in [-0.05, 0) is 55.0 Å². The van der Waals surface area contributed by atoms with Crippen LogP contribution in [0.5, 0.6) is 5.75 Å². The molecule has 30 heavy (non-hydrogen) atoms. The van der Waals surface area contributed by atoms with Crippen LogP contribution < -0.4 is 15.0 Å². The van der Waals surface area contributed by atoms with Crippen LogP contribution in [0.15, 0.2) is 72.8 Å². The fourth-order valence-electron chi connectivity index (χ4n) is 3.18. The number of hydrogen-bond donors (Lipinski definition) is 2. The molecule has 2 N–H and O–H groups in total. The number of rotatable bonds is 8. The number of methoxy groups -OCH3 is 1. The number of carboxylic acid groups (broad SMARTS) is 1. The molecule has 0 aliphatic heterocycles. The van der Waals surface area contributed by atoms with E-state index in [0.29, 0.717) is 35.8 Å². The molecule has 3 aromatic carbocycles. The van der Waals surface area contributed by atoms with Gasteiger partial charge in [-0.1, -0.05) is 30.3 Å². The molecular weight excluding hydrogens is 380 g/mol. The number of nitrogens with zero attached hydrogens (tertiary/aromatic N) is 1. The molecule has 0 saturated carbocycles. The van der Waals surface area contributed by atoms with Crippen molar-refractivity contribution in [2.75, 3.05) is 23.9 Å². The van der Waals surface area contributed by atoms with Crippen LogP contribution in [-0.2, 0) is 6.54 Å². The van der Waals surface area contributed by atoms with Crippen LogP contribution in [0.3, 0.4) is 0 Å². The minimum absolute atomic E-state index is 0.139. The van der Waals surface area contributed by atoms with E-state index in [-0.39, 0.29) is 11.5 Å². The van der Waals surface area contributed by atoms with Gasteiger partial charge in [0.25, 0.3) is 5.91 Å². The first-order chi connectivity index (χ1) is 14.5. The molecule has 0 aromatic heterocycles. The summed E-state index contributed by atoms with van der Waals surface area (Å²) in [4.78, 5) is 26.4. The number of amides is 1. The lowest BCUT2D eigenvalue weighted by Gasteiger charge is -2.25. The van der Waals surface area contributed by atoms with E-state index >= 15 is 0 Å². The number of aromatic carboxylic acids is 1. The zero-order valence-electron chi connectivity index (χ0n) is 17.0. The van der Waals surface area contributed by atoms with Crippen LogP contribution in [0, 0.1) is 0 Å². The number of benzene rings is 3. The highest BCUT2D eigenvalue weighted by Gasteiger charge is 2.17. The maximum atomic E-state index is 12.5. The van der Waals surface area contributed by atoms with Gasteiger partial charge in [-0.2, -0.15) is 0 Å². The van der Waals surface area contributed by atoms with Gasteiger partial charge in [-0.25, -0.2) is 4.79 Å². The predicted molar refractivity (Wildman–Crippen MR) is 118 cm³/mol. The maximum Gasteiger partial charge on any atom is 0.337 e. The lowest BCUT2D eigenvalue weighted by atomic mass is 10.1. The third-order valence-corrected chi connectivity index (χ3v) is 4.78. The van der Waals surface area contributed by atoms with Crippen molar-refractivity contribution in [2.45, 2.75) is 13.5 Å². The Morgan fingerprint density at radius 1 is 1.00 bits per heavy atom. The lowest BCUT2D eigenvalue weighted by molar-refractivity contribution is 0.0697. The lowest BCUT2D eigenvalue weighted by Crippen LogP contribution is -2.24. The Labute approximate surface area is 175 Å². The second-order valence-corrected chi connectivity index (χ2v) is 6.72. The number of carboxylic acids is 1. The molecule has 154 valence electrons. The normalized spacial score (nSPS) is 10.3. The van der Waals surface area contributed by atoms with E-state index in [1.165, 1.54) is 6.07 Å². The summed E-state index contributed by atoms with van der Waals surface area (Å²) in [6.07, 6.45) is 0. The highest BCUT2D eigenvalue weighted by molar-refractivity contribution is 6.05. The zero-order valence-corrected chi connectivity index (χ0v) is 17.0. The zero-order chi connectivity index (χ0) is 21.5. The van der Waals surface area contributed by atoms with Gasteiger partial charge in [0, 0.05) is 24.3 Å². The molecule has 0 aliphatic rings. The Hall–Kier alpha value is -3.80. The average Bonchev–Trinajstić information content (AvgIpc) is 2.78. The summed E-state index contributed by atoms with van der Waals surface area (Å²) in [6, 6.07) is 21.5. The molecule has 0 heterocycles. The summed E-state index contributed by atoms with van der Waals surface area (Å²) >= 11 is 0. The highest BCUT2D eigenvalue weighted by Crippen LogP contribution is 2.26. The monoisotopic (exact) mass is 404 g/mol. The second kappa shape index (κ2) is 9.60. The Kier molecular flexibility index (Phi) is 6.70. The van der Waals surface area contributed by atoms with E-state index in [0.717, 1.165) is 5.56 Å². The number of nitrogens with one attached hydrogen (secondary N) is 1. The van der Waals surface area contributed by atoms with Crippen LogP contribution in [0.1, 0.15) is 33.2 Å². The molecule has 0 bridgehead atoms. The summed E-state index contributed by atoms with van der Waals surface area (Å²) in [6.45, 7) is 3.22. The van der Waals surface area contributed by atoms with Gasteiger partial charge >= 0.3 is 5.97 Å². The molecule has 0 radical (unpaired) electrons. The molecule has 0 saturated heterocycles. The first-order valence-corrected chi connectivity index (χ1v) is 9.63. The van der Waals surface area contributed by atoms with E-state index in [2.05, 4.69) is 5.32 Å². The van der Waals surface area contributed by atoms with Crippen molar-refractivity contribution in [1.82, 2.24) is 0 Å². The van der Waals surface area contributed by atoms with Gasteiger partial charge in [-0.3, -0.25) is 4.79 Å². The first kappa shape index (κ1) is 20.9.